The Labute approximate surface area is 210 Å². The highest BCUT2D eigenvalue weighted by molar-refractivity contribution is 9.10. The molecule has 5 rings (SSSR count). The van der Waals surface area contributed by atoms with Gasteiger partial charge in [0, 0.05) is 22.9 Å². The number of halogens is 1. The van der Waals surface area contributed by atoms with Crippen LogP contribution in [-0.4, -0.2) is 36.2 Å². The van der Waals surface area contributed by atoms with E-state index in [1.807, 2.05) is 24.3 Å². The predicted molar refractivity (Wildman–Crippen MR) is 134 cm³/mol. The van der Waals surface area contributed by atoms with E-state index < -0.39 is 12.1 Å². The number of carbonyl (C=O) groups excluding carboxylic acids is 2. The summed E-state index contributed by atoms with van der Waals surface area (Å²) in [5.41, 5.74) is 4.90. The van der Waals surface area contributed by atoms with Gasteiger partial charge in [-0.15, -0.1) is 0 Å². The summed E-state index contributed by atoms with van der Waals surface area (Å²) in [5.74, 6) is -1.68. The molecule has 2 aliphatic rings. The number of nitrogens with one attached hydrogen (secondary N) is 2. The van der Waals surface area contributed by atoms with Gasteiger partial charge in [-0.2, -0.15) is 0 Å². The maximum atomic E-state index is 12.6. The number of carboxylic acid groups (broad SMARTS) is 1. The lowest BCUT2D eigenvalue weighted by molar-refractivity contribution is -0.117. The minimum atomic E-state index is -1.12. The molecule has 1 fully saturated rings. The van der Waals surface area contributed by atoms with Crippen molar-refractivity contribution < 1.29 is 24.2 Å². The van der Waals surface area contributed by atoms with Gasteiger partial charge in [-0.25, -0.2) is 9.59 Å². The summed E-state index contributed by atoms with van der Waals surface area (Å²) >= 11 is 3.24. The van der Waals surface area contributed by atoms with Gasteiger partial charge in [-0.1, -0.05) is 64.5 Å². The van der Waals surface area contributed by atoms with Crippen LogP contribution in [0.1, 0.15) is 33.8 Å². The first-order valence-electron chi connectivity index (χ1n) is 11.3. The molecule has 0 saturated heterocycles. The lowest BCUT2D eigenvalue weighted by Gasteiger charge is -2.14. The highest BCUT2D eigenvalue weighted by Gasteiger charge is 2.43. The van der Waals surface area contributed by atoms with Crippen molar-refractivity contribution in [3.63, 3.8) is 0 Å². The third kappa shape index (κ3) is 4.79. The number of alkyl carbamates (subject to hydrolysis) is 1. The molecule has 3 aromatic rings. The van der Waals surface area contributed by atoms with Crippen LogP contribution in [0.4, 0.5) is 10.5 Å². The van der Waals surface area contributed by atoms with E-state index in [0.717, 1.165) is 11.1 Å². The zero-order valence-electron chi connectivity index (χ0n) is 18.7. The van der Waals surface area contributed by atoms with E-state index in [9.17, 15) is 19.5 Å². The van der Waals surface area contributed by atoms with Crippen LogP contribution in [0.3, 0.4) is 0 Å². The van der Waals surface area contributed by atoms with Crippen molar-refractivity contribution in [3.8, 4) is 11.1 Å². The van der Waals surface area contributed by atoms with Gasteiger partial charge in [0.2, 0.25) is 5.91 Å². The molecule has 0 aromatic heterocycles. The van der Waals surface area contributed by atoms with Gasteiger partial charge >= 0.3 is 12.1 Å². The Morgan fingerprint density at radius 2 is 1.63 bits per heavy atom. The fourth-order valence-electron chi connectivity index (χ4n) is 4.69. The molecule has 0 spiro atoms. The summed E-state index contributed by atoms with van der Waals surface area (Å²) in [6, 6.07) is 21.0. The SMILES string of the molecule is O=C(NCC1CC1C(=O)Nc1ccc(Br)cc1C(=O)O)OCC1c2ccccc2-c2ccccc21. The Kier molecular flexibility index (Phi) is 6.30. The summed E-state index contributed by atoms with van der Waals surface area (Å²) in [7, 11) is 0. The molecule has 0 heterocycles. The standard InChI is InChI=1S/C27H23BrN2O5/c28-16-9-10-24(22(12-16)26(32)33)30-25(31)21-11-15(21)13-29-27(34)35-14-23-19-7-3-1-5-17(19)18-6-2-4-8-20(18)23/h1-10,12,15,21,23H,11,13-14H2,(H,29,34)(H,30,31)(H,32,33). The molecule has 1 saturated carbocycles. The van der Waals surface area contributed by atoms with Crippen LogP contribution < -0.4 is 10.6 Å². The van der Waals surface area contributed by atoms with Crippen LogP contribution in [0.5, 0.6) is 0 Å². The first-order chi connectivity index (χ1) is 16.9. The normalized spacial score (nSPS) is 17.7. The number of amides is 2. The number of rotatable bonds is 7. The lowest BCUT2D eigenvalue weighted by atomic mass is 9.98. The average molecular weight is 535 g/mol. The van der Waals surface area contributed by atoms with E-state index >= 15 is 0 Å². The van der Waals surface area contributed by atoms with Crippen molar-refractivity contribution in [1.29, 1.82) is 0 Å². The average Bonchev–Trinajstić information content (AvgIpc) is 3.57. The fraction of sp³-hybridized carbons (Fsp3) is 0.222. The van der Waals surface area contributed by atoms with Crippen molar-refractivity contribution in [2.45, 2.75) is 12.3 Å². The third-order valence-corrected chi connectivity index (χ3v) is 7.07. The molecule has 178 valence electrons. The summed E-state index contributed by atoms with van der Waals surface area (Å²) < 4.78 is 6.16. The Hall–Kier alpha value is -3.65. The molecule has 0 aliphatic heterocycles. The summed E-state index contributed by atoms with van der Waals surface area (Å²) in [6.45, 7) is 0.552. The molecular formula is C27H23BrN2O5. The van der Waals surface area contributed by atoms with Gasteiger partial charge in [0.1, 0.15) is 6.61 Å². The molecule has 0 bridgehead atoms. The monoisotopic (exact) mass is 534 g/mol. The third-order valence-electron chi connectivity index (χ3n) is 6.58. The topological polar surface area (TPSA) is 105 Å². The number of anilines is 1. The summed E-state index contributed by atoms with van der Waals surface area (Å²) in [4.78, 5) is 36.4. The second kappa shape index (κ2) is 9.54. The Bertz CT molecular complexity index is 1280. The fourth-order valence-corrected chi connectivity index (χ4v) is 5.05. The molecule has 2 aliphatic carbocycles. The minimum absolute atomic E-state index is 0.0121. The number of benzene rings is 3. The van der Waals surface area contributed by atoms with E-state index in [1.54, 1.807) is 12.1 Å². The molecule has 2 amide bonds. The Morgan fingerprint density at radius 1 is 0.971 bits per heavy atom. The van der Waals surface area contributed by atoms with Crippen molar-refractivity contribution >= 4 is 39.6 Å². The van der Waals surface area contributed by atoms with Crippen molar-refractivity contribution in [2.24, 2.45) is 11.8 Å². The number of hydrogen-bond donors (Lipinski definition) is 3. The second-order valence-corrected chi connectivity index (χ2v) is 9.71. The van der Waals surface area contributed by atoms with E-state index in [-0.39, 0.29) is 41.5 Å². The first kappa shape index (κ1) is 23.1. The van der Waals surface area contributed by atoms with Crippen LogP contribution in [0.25, 0.3) is 11.1 Å². The van der Waals surface area contributed by atoms with Gasteiger partial charge in [0.05, 0.1) is 11.3 Å². The van der Waals surface area contributed by atoms with Crippen LogP contribution in [0.2, 0.25) is 0 Å². The molecule has 8 heteroatoms. The van der Waals surface area contributed by atoms with E-state index in [1.165, 1.54) is 17.2 Å². The van der Waals surface area contributed by atoms with Crippen molar-refractivity contribution in [2.75, 3.05) is 18.5 Å². The van der Waals surface area contributed by atoms with Gasteiger partial charge in [-0.3, -0.25) is 4.79 Å². The lowest BCUT2D eigenvalue weighted by Crippen LogP contribution is -2.29. The second-order valence-electron chi connectivity index (χ2n) is 8.79. The highest BCUT2D eigenvalue weighted by atomic mass is 79.9. The van der Waals surface area contributed by atoms with Gasteiger partial charge in [0.15, 0.2) is 0 Å². The smallest absolute Gasteiger partial charge is 0.407 e. The molecule has 3 aromatic carbocycles. The first-order valence-corrected chi connectivity index (χ1v) is 12.1. The van der Waals surface area contributed by atoms with E-state index in [0.29, 0.717) is 17.4 Å². The number of hydrogen-bond acceptors (Lipinski definition) is 4. The maximum absolute atomic E-state index is 12.6. The zero-order valence-corrected chi connectivity index (χ0v) is 20.2. The molecule has 2 unspecified atom stereocenters. The van der Waals surface area contributed by atoms with Gasteiger partial charge < -0.3 is 20.5 Å². The zero-order chi connectivity index (χ0) is 24.5. The molecule has 3 N–H and O–H groups in total. The maximum Gasteiger partial charge on any atom is 0.407 e. The molecular weight excluding hydrogens is 512 g/mol. The van der Waals surface area contributed by atoms with Crippen LogP contribution in [-0.2, 0) is 9.53 Å². The van der Waals surface area contributed by atoms with Crippen LogP contribution in [0, 0.1) is 11.8 Å². The number of aromatic carboxylic acids is 1. The van der Waals surface area contributed by atoms with Crippen molar-refractivity contribution in [3.05, 3.63) is 87.9 Å². The van der Waals surface area contributed by atoms with Gasteiger partial charge in [0.25, 0.3) is 0 Å². The number of carbonyl (C=O) groups is 3. The summed E-state index contributed by atoms with van der Waals surface area (Å²) in [5, 5.41) is 14.8. The van der Waals surface area contributed by atoms with Crippen molar-refractivity contribution in [1.82, 2.24) is 5.32 Å². The van der Waals surface area contributed by atoms with E-state index in [4.69, 9.17) is 4.74 Å². The molecule has 7 nitrogen and oxygen atoms in total. The number of fused-ring (bicyclic) bond motifs is 3. The largest absolute Gasteiger partial charge is 0.478 e. The number of ether oxygens (including phenoxy) is 1. The highest BCUT2D eigenvalue weighted by Crippen LogP contribution is 2.44. The van der Waals surface area contributed by atoms with E-state index in [2.05, 4.69) is 50.8 Å². The summed E-state index contributed by atoms with van der Waals surface area (Å²) in [6.07, 6.45) is 0.105. The van der Waals surface area contributed by atoms with Crippen LogP contribution >= 0.6 is 15.9 Å². The molecule has 0 radical (unpaired) electrons. The predicted octanol–water partition coefficient (Wildman–Crippen LogP) is 5.26. The quantitative estimate of drug-likeness (QED) is 0.383. The number of carboxylic acids is 1. The Morgan fingerprint density at radius 3 is 2.29 bits per heavy atom. The van der Waals surface area contributed by atoms with Crippen LogP contribution in [0.15, 0.2) is 71.2 Å². The molecule has 2 atom stereocenters. The minimum Gasteiger partial charge on any atom is -0.478 e. The Balaban J connectivity index is 1.12. The van der Waals surface area contributed by atoms with Gasteiger partial charge in [-0.05, 0) is 52.8 Å². The molecule has 35 heavy (non-hydrogen) atoms.